The summed E-state index contributed by atoms with van der Waals surface area (Å²) in [5.74, 6) is 5.84. The van der Waals surface area contributed by atoms with Crippen molar-refractivity contribution in [3.05, 3.63) is 40.0 Å². The van der Waals surface area contributed by atoms with Gasteiger partial charge in [-0.05, 0) is 6.92 Å². The molecule has 2 atom stereocenters. The molecule has 186 valence electrons. The number of carbonyl (C=O) groups is 1. The van der Waals surface area contributed by atoms with E-state index >= 15 is 0 Å². The zero-order chi connectivity index (χ0) is 24.8. The number of thiazole rings is 1. The zero-order valence-electron chi connectivity index (χ0n) is 18.7. The van der Waals surface area contributed by atoms with Crippen molar-refractivity contribution < 1.29 is 39.2 Å². The number of hydrogen-bond acceptors (Lipinski definition) is 7. The monoisotopic (exact) mass is 633 g/mol. The van der Waals surface area contributed by atoms with Crippen LogP contribution in [0, 0.1) is 18.8 Å². The van der Waals surface area contributed by atoms with Gasteiger partial charge >= 0.3 is 185 Å². The van der Waals surface area contributed by atoms with Crippen LogP contribution in [0.4, 0.5) is 19.0 Å². The van der Waals surface area contributed by atoms with Gasteiger partial charge in [-0.1, -0.05) is 0 Å². The molecule has 0 bridgehead atoms. The Kier molecular flexibility index (Phi) is 6.66. The smallest absolute Gasteiger partial charge is 0.114 e. The minimum absolute atomic E-state index is 0.0202. The van der Waals surface area contributed by atoms with Crippen LogP contribution in [-0.2, 0) is 0 Å². The average Bonchev–Trinajstić information content (AvgIpc) is 3.11. The molecule has 13 heteroatoms. The van der Waals surface area contributed by atoms with Crippen molar-refractivity contribution in [2.24, 2.45) is 0 Å². The second-order valence-corrected chi connectivity index (χ2v) is 14.6. The van der Waals surface area contributed by atoms with Gasteiger partial charge in [-0.2, -0.15) is 0 Å². The van der Waals surface area contributed by atoms with Gasteiger partial charge in [0.15, 0.2) is 0 Å². The minimum atomic E-state index is -4.48. The fraction of sp³-hybridized carbons (Fsp3) is 0.409. The molecule has 0 spiro atoms. The number of likely N-dealkylation sites (tertiary alicyclic amines) is 1. The van der Waals surface area contributed by atoms with Gasteiger partial charge in [0, 0.05) is 0 Å². The van der Waals surface area contributed by atoms with Gasteiger partial charge < -0.3 is 0 Å². The quantitative estimate of drug-likeness (QED) is 0.140. The van der Waals surface area contributed by atoms with Crippen molar-refractivity contribution in [1.82, 2.24) is 24.8 Å². The Labute approximate surface area is 218 Å². The van der Waals surface area contributed by atoms with E-state index in [0.717, 1.165) is 24.5 Å². The molecule has 0 unspecified atom stereocenters. The van der Waals surface area contributed by atoms with E-state index in [4.69, 9.17) is 0 Å². The van der Waals surface area contributed by atoms with E-state index in [1.807, 2.05) is 6.07 Å². The number of piperidine rings is 1. The van der Waals surface area contributed by atoms with Gasteiger partial charge in [-0.3, -0.25) is 0 Å². The number of hydrogen-bond donors (Lipinski definition) is 2. The number of amides is 1. The van der Waals surface area contributed by atoms with Crippen LogP contribution in [0.25, 0.3) is 5.52 Å². The molecule has 0 aliphatic carbocycles. The molecule has 5 heterocycles. The molecule has 2 aliphatic heterocycles. The number of aryl methyl sites for hydroxylation is 1. The summed E-state index contributed by atoms with van der Waals surface area (Å²) >= 11 is 1.01. The number of thioether (sulfide) groups is 1. The van der Waals surface area contributed by atoms with Crippen LogP contribution in [0.15, 0.2) is 29.3 Å². The van der Waals surface area contributed by atoms with Crippen LogP contribution in [0.5, 0.6) is 0 Å². The Balaban J connectivity index is 1.40. The Morgan fingerprint density at radius 3 is 2.97 bits per heavy atom. The second kappa shape index (κ2) is 9.45. The normalized spacial score (nSPS) is 22.0. The molecule has 2 N–H and O–H groups in total. The van der Waals surface area contributed by atoms with Crippen LogP contribution < -0.4 is 31.8 Å². The molecule has 5 rings (SSSR count). The van der Waals surface area contributed by atoms with Crippen molar-refractivity contribution in [3.63, 3.8) is 0 Å². The molecular weight excluding hydrogens is 612 g/mol. The molecule has 3 aromatic heterocycles. The Morgan fingerprint density at radius 2 is 2.26 bits per heavy atom. The topological polar surface area (TPSA) is 74.6 Å². The van der Waals surface area contributed by atoms with Gasteiger partial charge in [0.1, 0.15) is 0 Å². The van der Waals surface area contributed by atoms with E-state index in [9.17, 15) is 18.0 Å². The molecular formula is C22H21F3IN6OS2-. The van der Waals surface area contributed by atoms with E-state index in [1.165, 1.54) is 22.0 Å². The first-order chi connectivity index (χ1) is 16.6. The number of nitrogens with zero attached hydrogens (tertiary/aromatic N) is 4. The number of carbonyl (C=O) groups excluding carboxylic acids is 1. The molecule has 7 nitrogen and oxygen atoms in total. The molecule has 2 aliphatic rings. The maximum atomic E-state index is 13.4. The van der Waals surface area contributed by atoms with Gasteiger partial charge in [-0.25, -0.2) is 4.98 Å². The number of pyridine rings is 1. The molecule has 0 saturated carbocycles. The third-order valence-electron chi connectivity index (χ3n) is 5.66. The van der Waals surface area contributed by atoms with Gasteiger partial charge in [-0.15, -0.1) is 11.3 Å². The number of halogens is 4. The van der Waals surface area contributed by atoms with Crippen LogP contribution in [0.1, 0.15) is 26.8 Å². The number of anilines is 1. The van der Waals surface area contributed by atoms with E-state index in [2.05, 4.69) is 44.5 Å². The fourth-order valence-electron chi connectivity index (χ4n) is 3.94. The summed E-state index contributed by atoms with van der Waals surface area (Å²) in [6.45, 7) is 3.82. The van der Waals surface area contributed by atoms with Gasteiger partial charge in [0.05, 0.1) is 11.2 Å². The van der Waals surface area contributed by atoms with E-state index in [-0.39, 0.29) is 59.6 Å². The maximum Gasteiger partial charge on any atom is -0.114 e. The van der Waals surface area contributed by atoms with Crippen LogP contribution in [-0.4, -0.2) is 65.1 Å². The number of rotatable bonds is 5. The minimum Gasteiger partial charge on any atom is -0.114 e. The Morgan fingerprint density at radius 1 is 1.43 bits per heavy atom. The number of fused-ring (bicyclic) bond motifs is 2. The number of nitrogens with one attached hydrogen (secondary N) is 2. The Bertz CT molecular complexity index is 1350. The predicted octanol–water partition coefficient (Wildman–Crippen LogP) is 0.408. The SMILES string of the molecule is Cc1ncc(C(=O)NCC#Cc2nn3c(N[C@]45CCN(C)C[C@H]4[I-]5)cccc3c2SC(F)(F)F)s1. The van der Waals surface area contributed by atoms with Crippen LogP contribution >= 0.6 is 23.1 Å². The summed E-state index contributed by atoms with van der Waals surface area (Å²) in [5, 5.41) is 11.5. The molecule has 2 saturated heterocycles. The molecule has 35 heavy (non-hydrogen) atoms. The third-order valence-corrected chi connectivity index (χ3v) is 11.6. The molecule has 3 aromatic rings. The van der Waals surface area contributed by atoms with Crippen molar-refractivity contribution in [2.45, 2.75) is 31.2 Å². The van der Waals surface area contributed by atoms with Gasteiger partial charge in [0.2, 0.25) is 0 Å². The molecule has 2 fully saturated rings. The van der Waals surface area contributed by atoms with E-state index in [1.54, 1.807) is 19.1 Å². The summed E-state index contributed by atoms with van der Waals surface area (Å²) in [4.78, 5) is 18.9. The summed E-state index contributed by atoms with van der Waals surface area (Å²) in [6.07, 6.45) is 2.50. The molecule has 0 aromatic carbocycles. The summed E-state index contributed by atoms with van der Waals surface area (Å²) in [7, 11) is 2.12. The molecule has 0 radical (unpaired) electrons. The van der Waals surface area contributed by atoms with Crippen molar-refractivity contribution in [2.75, 3.05) is 32.0 Å². The van der Waals surface area contributed by atoms with Crippen molar-refractivity contribution in [3.8, 4) is 11.8 Å². The van der Waals surface area contributed by atoms with E-state index < -0.39 is 5.51 Å². The fourth-order valence-corrected chi connectivity index (χ4v) is 8.99. The second-order valence-electron chi connectivity index (χ2n) is 8.24. The predicted molar refractivity (Wildman–Crippen MR) is 125 cm³/mol. The van der Waals surface area contributed by atoms with Gasteiger partial charge in [0.25, 0.3) is 0 Å². The Hall–Kier alpha value is -2.02. The summed E-state index contributed by atoms with van der Waals surface area (Å²) in [5.41, 5.74) is -4.10. The zero-order valence-corrected chi connectivity index (χ0v) is 22.5. The summed E-state index contributed by atoms with van der Waals surface area (Å²) in [6, 6.07) is 5.22. The first kappa shape index (κ1) is 24.7. The standard InChI is InChI=1S/C22H21F3IN6OS2/c1-13-28-11-16(34-13)20(33)27-9-4-5-14-19(35-22(23,24)25)15-6-3-7-18(32(15)30-14)29-21-8-10-31(2)12-17(21)26-21/h3,6-7,11,17,29H,8-10,12H2,1-2H3,(H,27,33)/q-1/t17-,21-/m1/s1. The van der Waals surface area contributed by atoms with Crippen LogP contribution in [0.2, 0.25) is 0 Å². The third kappa shape index (κ3) is 5.40. The largest absolute Gasteiger partial charge is 0.114 e. The summed E-state index contributed by atoms with van der Waals surface area (Å²) < 4.78 is 42.4. The van der Waals surface area contributed by atoms with Crippen molar-refractivity contribution >= 4 is 40.3 Å². The first-order valence-electron chi connectivity index (χ1n) is 10.7. The maximum absolute atomic E-state index is 13.4. The number of alkyl halides is 5. The first-order valence-corrected chi connectivity index (χ1v) is 14.7. The van der Waals surface area contributed by atoms with Crippen LogP contribution in [0.3, 0.4) is 0 Å². The average molecular weight is 633 g/mol. The number of aromatic nitrogens is 3. The molecule has 1 amide bonds. The van der Waals surface area contributed by atoms with Crippen molar-refractivity contribution in [1.29, 1.82) is 0 Å². The van der Waals surface area contributed by atoms with E-state index in [0.29, 0.717) is 20.1 Å².